The van der Waals surface area contributed by atoms with Crippen LogP contribution in [0.3, 0.4) is 0 Å². The minimum Gasteiger partial charge on any atom is -0.396 e. The number of hydrogen-bond donors (Lipinski definition) is 1. The summed E-state index contributed by atoms with van der Waals surface area (Å²) in [4.78, 5) is 4.29. The largest absolute Gasteiger partial charge is 0.396 e. The molecule has 1 N–H and O–H groups in total. The highest BCUT2D eigenvalue weighted by atomic mass is 16.2. The maximum absolute atomic E-state index is 8.69. The lowest BCUT2D eigenvalue weighted by molar-refractivity contribution is 0.303. The Morgan fingerprint density at radius 1 is 1.20 bits per heavy atom. The zero-order chi connectivity index (χ0) is 10.5. The average Bonchev–Trinajstić information content (AvgIpc) is 2.30. The highest BCUT2D eigenvalue weighted by Gasteiger charge is 1.96. The zero-order valence-corrected chi connectivity index (χ0v) is 8.43. The number of benzene rings is 1. The molecule has 0 aliphatic heterocycles. The van der Waals surface area contributed by atoms with E-state index in [1.165, 1.54) is 0 Å². The molecule has 0 unspecified atom stereocenters. The highest BCUT2D eigenvalue weighted by molar-refractivity contribution is 5.87. The first-order valence-corrected chi connectivity index (χ1v) is 5.03. The van der Waals surface area contributed by atoms with Gasteiger partial charge in [0.25, 0.3) is 0 Å². The van der Waals surface area contributed by atoms with E-state index in [1.807, 2.05) is 30.4 Å². The first kappa shape index (κ1) is 9.87. The molecule has 0 saturated carbocycles. The van der Waals surface area contributed by atoms with E-state index in [-0.39, 0.29) is 6.61 Å². The van der Waals surface area contributed by atoms with Crippen LogP contribution in [0.1, 0.15) is 12.0 Å². The molecule has 2 rings (SSSR count). The van der Waals surface area contributed by atoms with Gasteiger partial charge in [0.15, 0.2) is 0 Å². The van der Waals surface area contributed by atoms with Gasteiger partial charge >= 0.3 is 0 Å². The minimum absolute atomic E-state index is 0.194. The number of aromatic nitrogens is 1. The van der Waals surface area contributed by atoms with Gasteiger partial charge in [-0.3, -0.25) is 4.98 Å². The van der Waals surface area contributed by atoms with E-state index in [0.29, 0.717) is 6.42 Å². The van der Waals surface area contributed by atoms with Gasteiger partial charge in [-0.05, 0) is 24.1 Å². The smallest absolute Gasteiger partial charge is 0.0707 e. The summed E-state index contributed by atoms with van der Waals surface area (Å²) in [6.07, 6.45) is 6.49. The third-order valence-corrected chi connectivity index (χ3v) is 2.27. The molecule has 0 radical (unpaired) electrons. The summed E-state index contributed by atoms with van der Waals surface area (Å²) in [6.45, 7) is 0.194. The van der Waals surface area contributed by atoms with Gasteiger partial charge in [-0.25, -0.2) is 0 Å². The van der Waals surface area contributed by atoms with Crippen LogP contribution in [0.15, 0.2) is 42.6 Å². The van der Waals surface area contributed by atoms with Crippen molar-refractivity contribution in [3.63, 3.8) is 0 Å². The summed E-state index contributed by atoms with van der Waals surface area (Å²) in [7, 11) is 0. The molecule has 0 spiro atoms. The first-order valence-electron chi connectivity index (χ1n) is 5.03. The SMILES string of the molecule is OCCC=Cc1cccc2ncccc12. The van der Waals surface area contributed by atoms with Gasteiger partial charge in [0.2, 0.25) is 0 Å². The number of pyridine rings is 1. The van der Waals surface area contributed by atoms with E-state index in [2.05, 4.69) is 17.1 Å². The quantitative estimate of drug-likeness (QED) is 0.824. The predicted molar refractivity (Wildman–Crippen MR) is 62.5 cm³/mol. The summed E-state index contributed by atoms with van der Waals surface area (Å²) in [5, 5.41) is 9.84. The molecule has 0 aliphatic carbocycles. The van der Waals surface area contributed by atoms with E-state index in [9.17, 15) is 0 Å². The second-order valence-electron chi connectivity index (χ2n) is 3.33. The van der Waals surface area contributed by atoms with Crippen LogP contribution in [0.25, 0.3) is 17.0 Å². The van der Waals surface area contributed by atoms with Crippen LogP contribution in [-0.4, -0.2) is 16.7 Å². The summed E-state index contributed by atoms with van der Waals surface area (Å²) in [5.74, 6) is 0. The molecular formula is C13H13NO. The monoisotopic (exact) mass is 199 g/mol. The topological polar surface area (TPSA) is 33.1 Å². The van der Waals surface area contributed by atoms with Crippen molar-refractivity contribution >= 4 is 17.0 Å². The number of aliphatic hydroxyl groups is 1. The Morgan fingerprint density at radius 3 is 3.00 bits per heavy atom. The van der Waals surface area contributed by atoms with Crippen molar-refractivity contribution in [1.29, 1.82) is 0 Å². The molecule has 2 aromatic rings. The molecule has 1 aromatic carbocycles. The number of aliphatic hydroxyl groups excluding tert-OH is 1. The molecule has 2 nitrogen and oxygen atoms in total. The van der Waals surface area contributed by atoms with Crippen LogP contribution in [0.5, 0.6) is 0 Å². The molecule has 0 atom stereocenters. The highest BCUT2D eigenvalue weighted by Crippen LogP contribution is 2.17. The van der Waals surface area contributed by atoms with Crippen LogP contribution in [0.4, 0.5) is 0 Å². The summed E-state index contributed by atoms with van der Waals surface area (Å²) < 4.78 is 0. The second kappa shape index (κ2) is 4.71. The van der Waals surface area contributed by atoms with Crippen molar-refractivity contribution in [1.82, 2.24) is 4.98 Å². The van der Waals surface area contributed by atoms with Gasteiger partial charge in [0.05, 0.1) is 5.52 Å². The number of nitrogens with zero attached hydrogens (tertiary/aromatic N) is 1. The van der Waals surface area contributed by atoms with Crippen molar-refractivity contribution in [3.05, 3.63) is 48.2 Å². The van der Waals surface area contributed by atoms with Crippen LogP contribution >= 0.6 is 0 Å². The molecule has 1 heterocycles. The third-order valence-electron chi connectivity index (χ3n) is 2.27. The van der Waals surface area contributed by atoms with Crippen molar-refractivity contribution in [2.24, 2.45) is 0 Å². The molecule has 0 aliphatic rings. The standard InChI is InChI=1S/C13H13NO/c15-10-2-1-5-11-6-3-8-13-12(11)7-4-9-14-13/h1,3-9,15H,2,10H2. The van der Waals surface area contributed by atoms with Gasteiger partial charge in [-0.15, -0.1) is 0 Å². The molecule has 15 heavy (non-hydrogen) atoms. The normalized spacial score (nSPS) is 11.3. The molecule has 0 amide bonds. The Bertz CT molecular complexity index is 471. The Morgan fingerprint density at radius 2 is 2.13 bits per heavy atom. The van der Waals surface area contributed by atoms with Crippen molar-refractivity contribution in [2.75, 3.05) is 6.61 Å². The first-order chi connectivity index (χ1) is 7.42. The molecule has 76 valence electrons. The summed E-state index contributed by atoms with van der Waals surface area (Å²) >= 11 is 0. The Labute approximate surface area is 88.9 Å². The number of rotatable bonds is 3. The van der Waals surface area contributed by atoms with Crippen LogP contribution < -0.4 is 0 Å². The number of fused-ring (bicyclic) bond motifs is 1. The van der Waals surface area contributed by atoms with Crippen molar-refractivity contribution in [2.45, 2.75) is 6.42 Å². The van der Waals surface area contributed by atoms with E-state index in [1.54, 1.807) is 6.20 Å². The number of hydrogen-bond acceptors (Lipinski definition) is 2. The zero-order valence-electron chi connectivity index (χ0n) is 8.43. The fourth-order valence-electron chi connectivity index (χ4n) is 1.56. The minimum atomic E-state index is 0.194. The molecule has 0 bridgehead atoms. The lowest BCUT2D eigenvalue weighted by Gasteiger charge is -2.00. The van der Waals surface area contributed by atoms with E-state index in [4.69, 9.17) is 5.11 Å². The summed E-state index contributed by atoms with van der Waals surface area (Å²) in [5.41, 5.74) is 2.15. The van der Waals surface area contributed by atoms with Crippen molar-refractivity contribution in [3.8, 4) is 0 Å². The second-order valence-corrected chi connectivity index (χ2v) is 3.33. The van der Waals surface area contributed by atoms with E-state index in [0.717, 1.165) is 16.5 Å². The van der Waals surface area contributed by atoms with E-state index >= 15 is 0 Å². The van der Waals surface area contributed by atoms with Gasteiger partial charge in [0.1, 0.15) is 0 Å². The van der Waals surface area contributed by atoms with Gasteiger partial charge in [0, 0.05) is 18.2 Å². The lowest BCUT2D eigenvalue weighted by atomic mass is 10.1. The summed E-state index contributed by atoms with van der Waals surface area (Å²) in [6, 6.07) is 10.0. The Balaban J connectivity index is 2.42. The fourth-order valence-corrected chi connectivity index (χ4v) is 1.56. The predicted octanol–water partition coefficient (Wildman–Crippen LogP) is 2.63. The van der Waals surface area contributed by atoms with Gasteiger partial charge in [-0.2, -0.15) is 0 Å². The third kappa shape index (κ3) is 2.22. The van der Waals surface area contributed by atoms with Crippen LogP contribution in [0, 0.1) is 0 Å². The maximum atomic E-state index is 8.69. The lowest BCUT2D eigenvalue weighted by Crippen LogP contribution is -1.81. The Hall–Kier alpha value is -1.67. The molecular weight excluding hydrogens is 186 g/mol. The van der Waals surface area contributed by atoms with Crippen LogP contribution in [0.2, 0.25) is 0 Å². The van der Waals surface area contributed by atoms with E-state index < -0.39 is 0 Å². The molecule has 2 heteroatoms. The van der Waals surface area contributed by atoms with Crippen LogP contribution in [-0.2, 0) is 0 Å². The van der Waals surface area contributed by atoms with Crippen molar-refractivity contribution < 1.29 is 5.11 Å². The molecule has 0 fully saturated rings. The molecule has 0 saturated heterocycles. The molecule has 1 aromatic heterocycles. The van der Waals surface area contributed by atoms with Gasteiger partial charge in [-0.1, -0.05) is 30.4 Å². The maximum Gasteiger partial charge on any atom is 0.0707 e. The fraction of sp³-hybridized carbons (Fsp3) is 0.154. The Kier molecular flexibility index (Phi) is 3.10. The average molecular weight is 199 g/mol. The van der Waals surface area contributed by atoms with Gasteiger partial charge < -0.3 is 5.11 Å².